The van der Waals surface area contributed by atoms with Gasteiger partial charge in [-0.3, -0.25) is 0 Å². The van der Waals surface area contributed by atoms with Crippen molar-refractivity contribution in [2.24, 2.45) is 0 Å². The van der Waals surface area contributed by atoms with E-state index in [0.717, 1.165) is 22.6 Å². The van der Waals surface area contributed by atoms with Gasteiger partial charge >= 0.3 is 0 Å². The molecular weight excluding hydrogens is 310 g/mol. The van der Waals surface area contributed by atoms with Gasteiger partial charge < -0.3 is 9.64 Å². The molecule has 2 saturated heterocycles. The Morgan fingerprint density at radius 2 is 2.29 bits per heavy atom. The molecule has 0 aromatic carbocycles. The maximum absolute atomic E-state index is 11.8. The molecule has 0 aliphatic carbocycles. The zero-order valence-electron chi connectivity index (χ0n) is 11.4. The van der Waals surface area contributed by atoms with E-state index in [1.807, 2.05) is 11.4 Å². The number of rotatable bonds is 1. The summed E-state index contributed by atoms with van der Waals surface area (Å²) in [6.45, 7) is 1.84. The Balaban J connectivity index is 1.69. The summed E-state index contributed by atoms with van der Waals surface area (Å²) in [4.78, 5) is 10.8. The number of aromatic nitrogens is 2. The van der Waals surface area contributed by atoms with Crippen molar-refractivity contribution in [3.05, 3.63) is 17.8 Å². The Hall–Kier alpha value is -1.25. The van der Waals surface area contributed by atoms with Gasteiger partial charge in [-0.1, -0.05) is 0 Å². The van der Waals surface area contributed by atoms with Crippen molar-refractivity contribution in [1.82, 2.24) is 9.97 Å². The molecule has 2 fully saturated rings. The number of ether oxygens (including phenoxy) is 1. The van der Waals surface area contributed by atoms with E-state index in [9.17, 15) is 8.42 Å². The van der Waals surface area contributed by atoms with Crippen LogP contribution in [0.2, 0.25) is 0 Å². The van der Waals surface area contributed by atoms with E-state index in [0.29, 0.717) is 19.6 Å². The van der Waals surface area contributed by atoms with Crippen LogP contribution in [0.3, 0.4) is 0 Å². The van der Waals surface area contributed by atoms with Crippen LogP contribution >= 0.6 is 11.3 Å². The van der Waals surface area contributed by atoms with E-state index in [4.69, 9.17) is 4.74 Å². The quantitative estimate of drug-likeness (QED) is 0.781. The van der Waals surface area contributed by atoms with Gasteiger partial charge in [0.25, 0.3) is 0 Å². The van der Waals surface area contributed by atoms with E-state index in [1.165, 1.54) is 0 Å². The van der Waals surface area contributed by atoms with E-state index in [-0.39, 0.29) is 11.5 Å². The third-order valence-electron chi connectivity index (χ3n) is 4.12. The number of hydrogen-bond donors (Lipinski definition) is 0. The molecule has 8 heteroatoms. The second-order valence-corrected chi connectivity index (χ2v) is 8.73. The molecule has 0 saturated carbocycles. The summed E-state index contributed by atoms with van der Waals surface area (Å²) in [5.74, 6) is 1.23. The second kappa shape index (κ2) is 4.62. The van der Waals surface area contributed by atoms with Crippen LogP contribution in [-0.4, -0.2) is 55.2 Å². The van der Waals surface area contributed by atoms with Gasteiger partial charge in [0.15, 0.2) is 9.84 Å². The third kappa shape index (κ3) is 2.31. The van der Waals surface area contributed by atoms with E-state index >= 15 is 0 Å². The first-order chi connectivity index (χ1) is 10.1. The summed E-state index contributed by atoms with van der Waals surface area (Å²) in [6, 6.07) is 1.97. The van der Waals surface area contributed by atoms with Crippen molar-refractivity contribution in [1.29, 1.82) is 0 Å². The summed E-state index contributed by atoms with van der Waals surface area (Å²) in [5, 5.41) is 2.00. The fourth-order valence-electron chi connectivity index (χ4n) is 3.15. The van der Waals surface area contributed by atoms with Gasteiger partial charge in [0, 0.05) is 13.1 Å². The highest BCUT2D eigenvalue weighted by Crippen LogP contribution is 2.35. The maximum atomic E-state index is 11.8. The fraction of sp³-hybridized carbons (Fsp3) is 0.538. The molecule has 0 N–H and O–H groups in total. The van der Waals surface area contributed by atoms with Gasteiger partial charge in [-0.05, 0) is 17.9 Å². The predicted octanol–water partition coefficient (Wildman–Crippen LogP) is 1.09. The van der Waals surface area contributed by atoms with Crippen LogP contribution in [0.4, 0.5) is 5.82 Å². The number of thiophene rings is 1. The van der Waals surface area contributed by atoms with Crippen molar-refractivity contribution >= 4 is 37.2 Å². The Morgan fingerprint density at radius 1 is 1.38 bits per heavy atom. The first-order valence-electron chi connectivity index (χ1n) is 6.85. The summed E-state index contributed by atoms with van der Waals surface area (Å²) in [7, 11) is -2.97. The second-order valence-electron chi connectivity index (χ2n) is 5.63. The molecule has 1 atom stereocenters. The van der Waals surface area contributed by atoms with Gasteiger partial charge in [-0.15, -0.1) is 11.3 Å². The zero-order valence-corrected chi connectivity index (χ0v) is 13.0. The summed E-state index contributed by atoms with van der Waals surface area (Å²) < 4.78 is 30.5. The average Bonchev–Trinajstić information content (AvgIpc) is 3.03. The van der Waals surface area contributed by atoms with Crippen LogP contribution in [0.25, 0.3) is 10.2 Å². The largest absolute Gasteiger partial charge is 0.370 e. The van der Waals surface area contributed by atoms with Crippen molar-refractivity contribution in [2.45, 2.75) is 12.0 Å². The molecular formula is C13H15N3O3S2. The molecule has 2 aromatic rings. The minimum Gasteiger partial charge on any atom is -0.370 e. The number of morpholine rings is 1. The highest BCUT2D eigenvalue weighted by Gasteiger charge is 2.46. The minimum absolute atomic E-state index is 0.120. The first-order valence-corrected chi connectivity index (χ1v) is 9.55. The van der Waals surface area contributed by atoms with Crippen LogP contribution in [0.5, 0.6) is 0 Å². The van der Waals surface area contributed by atoms with Crippen molar-refractivity contribution < 1.29 is 13.2 Å². The Labute approximate surface area is 126 Å². The molecule has 6 nitrogen and oxygen atoms in total. The molecule has 4 heterocycles. The van der Waals surface area contributed by atoms with Crippen LogP contribution < -0.4 is 4.90 Å². The summed E-state index contributed by atoms with van der Waals surface area (Å²) in [6.07, 6.45) is 2.14. The average molecular weight is 325 g/mol. The molecule has 2 aliphatic rings. The van der Waals surface area contributed by atoms with Crippen LogP contribution in [0.1, 0.15) is 6.42 Å². The smallest absolute Gasteiger partial charge is 0.153 e. The van der Waals surface area contributed by atoms with Gasteiger partial charge in [0.1, 0.15) is 17.7 Å². The monoisotopic (exact) mass is 325 g/mol. The van der Waals surface area contributed by atoms with Crippen LogP contribution in [0.15, 0.2) is 17.8 Å². The summed E-state index contributed by atoms with van der Waals surface area (Å²) >= 11 is 1.61. The molecule has 2 aromatic heterocycles. The van der Waals surface area contributed by atoms with Gasteiger partial charge in [-0.2, -0.15) is 0 Å². The molecule has 0 amide bonds. The Morgan fingerprint density at radius 3 is 3.10 bits per heavy atom. The SMILES string of the molecule is O=S1(=O)CCC2(CN(c3ncnc4ccsc34)CCO2)C1. The lowest BCUT2D eigenvalue weighted by molar-refractivity contribution is -0.0361. The summed E-state index contributed by atoms with van der Waals surface area (Å²) in [5.41, 5.74) is 0.371. The molecule has 2 aliphatic heterocycles. The van der Waals surface area contributed by atoms with Gasteiger partial charge in [0.2, 0.25) is 0 Å². The normalized spacial score (nSPS) is 28.5. The number of hydrogen-bond acceptors (Lipinski definition) is 7. The zero-order chi connectivity index (χ0) is 14.5. The lowest BCUT2D eigenvalue weighted by atomic mass is 10.0. The number of sulfone groups is 1. The highest BCUT2D eigenvalue weighted by atomic mass is 32.2. The third-order valence-corrected chi connectivity index (χ3v) is 6.82. The number of anilines is 1. The Bertz CT molecular complexity index is 789. The maximum Gasteiger partial charge on any atom is 0.153 e. The molecule has 0 radical (unpaired) electrons. The Kier molecular flexibility index (Phi) is 2.95. The highest BCUT2D eigenvalue weighted by molar-refractivity contribution is 7.91. The van der Waals surface area contributed by atoms with Crippen LogP contribution in [0, 0.1) is 0 Å². The standard InChI is InChI=1S/C13H15N3O3S2/c17-21(18)6-2-13(8-21)7-16(3-4-19-13)12-11-10(1-5-20-11)14-9-15-12/h1,5,9H,2-4,6-8H2. The van der Waals surface area contributed by atoms with Crippen molar-refractivity contribution in [3.63, 3.8) is 0 Å². The van der Waals surface area contributed by atoms with Crippen molar-refractivity contribution in [3.8, 4) is 0 Å². The molecule has 112 valence electrons. The molecule has 1 unspecified atom stereocenters. The predicted molar refractivity (Wildman–Crippen MR) is 81.6 cm³/mol. The topological polar surface area (TPSA) is 72.4 Å². The fourth-order valence-corrected chi connectivity index (χ4v) is 5.96. The molecule has 1 spiro atoms. The molecule has 0 bridgehead atoms. The van der Waals surface area contributed by atoms with Crippen LogP contribution in [-0.2, 0) is 14.6 Å². The first kappa shape index (κ1) is 13.4. The number of fused-ring (bicyclic) bond motifs is 1. The van der Waals surface area contributed by atoms with Crippen molar-refractivity contribution in [2.75, 3.05) is 36.1 Å². The van der Waals surface area contributed by atoms with Gasteiger partial charge in [-0.25, -0.2) is 18.4 Å². The lowest BCUT2D eigenvalue weighted by Gasteiger charge is -2.40. The molecule has 21 heavy (non-hydrogen) atoms. The van der Waals surface area contributed by atoms with Gasteiger partial charge in [0.05, 0.1) is 28.3 Å². The van der Waals surface area contributed by atoms with E-state index in [2.05, 4.69) is 14.9 Å². The lowest BCUT2D eigenvalue weighted by Crippen LogP contribution is -2.53. The van der Waals surface area contributed by atoms with E-state index in [1.54, 1.807) is 17.7 Å². The minimum atomic E-state index is -2.97. The van der Waals surface area contributed by atoms with E-state index < -0.39 is 15.4 Å². The molecule has 4 rings (SSSR count). The number of nitrogens with zero attached hydrogens (tertiary/aromatic N) is 3.